The molecule has 1 fully saturated rings. The Morgan fingerprint density at radius 3 is 2.44 bits per heavy atom. The number of hydrogen-bond acceptors (Lipinski definition) is 3. The number of amides is 2. The highest BCUT2D eigenvalue weighted by molar-refractivity contribution is 5.82. The second-order valence-electron chi connectivity index (χ2n) is 4.66. The number of nitrogens with one attached hydrogen (secondary N) is 2. The fraction of sp³-hybridized carbons (Fsp3) is 0.833. The topological polar surface area (TPSA) is 87.7 Å². The van der Waals surface area contributed by atoms with E-state index in [4.69, 9.17) is 9.84 Å². The first-order valence-corrected chi connectivity index (χ1v) is 6.42. The van der Waals surface area contributed by atoms with E-state index in [1.165, 1.54) is 0 Å². The van der Waals surface area contributed by atoms with Crippen molar-refractivity contribution in [2.75, 3.05) is 13.2 Å². The molecule has 2 amide bonds. The number of rotatable bonds is 5. The summed E-state index contributed by atoms with van der Waals surface area (Å²) in [5.41, 5.74) is 0. The summed E-state index contributed by atoms with van der Waals surface area (Å²) in [6.07, 6.45) is 2.23. The number of carboxylic acid groups (broad SMARTS) is 1. The lowest BCUT2D eigenvalue weighted by Crippen LogP contribution is -2.50. The van der Waals surface area contributed by atoms with Gasteiger partial charge in [-0.2, -0.15) is 0 Å². The van der Waals surface area contributed by atoms with Crippen molar-refractivity contribution in [3.63, 3.8) is 0 Å². The van der Waals surface area contributed by atoms with Gasteiger partial charge in [-0.1, -0.05) is 6.92 Å². The predicted octanol–water partition coefficient (Wildman–Crippen LogP) is 0.964. The van der Waals surface area contributed by atoms with E-state index in [2.05, 4.69) is 10.6 Å². The molecule has 1 rings (SSSR count). The maximum Gasteiger partial charge on any atom is 0.326 e. The summed E-state index contributed by atoms with van der Waals surface area (Å²) in [4.78, 5) is 22.4. The van der Waals surface area contributed by atoms with Gasteiger partial charge in [-0.15, -0.1) is 0 Å². The quantitative estimate of drug-likeness (QED) is 0.685. The van der Waals surface area contributed by atoms with Gasteiger partial charge in [0.1, 0.15) is 6.04 Å². The number of urea groups is 1. The number of carbonyl (C=O) groups is 2. The third-order valence-corrected chi connectivity index (χ3v) is 3.34. The van der Waals surface area contributed by atoms with E-state index >= 15 is 0 Å². The zero-order chi connectivity index (χ0) is 13.5. The zero-order valence-corrected chi connectivity index (χ0v) is 10.9. The fourth-order valence-corrected chi connectivity index (χ4v) is 2.08. The molecule has 104 valence electrons. The number of carbonyl (C=O) groups excluding carboxylic acids is 1. The lowest BCUT2D eigenvalue weighted by atomic mass is 9.93. The summed E-state index contributed by atoms with van der Waals surface area (Å²) < 4.78 is 5.26. The van der Waals surface area contributed by atoms with Gasteiger partial charge < -0.3 is 20.5 Å². The molecule has 1 aliphatic rings. The van der Waals surface area contributed by atoms with Crippen molar-refractivity contribution in [3.05, 3.63) is 0 Å². The molecule has 1 saturated heterocycles. The molecule has 0 aliphatic carbocycles. The standard InChI is InChI=1S/C12H22N2O4/c1-3-10(11(15)16)14-12(17)13-8(2)9-4-6-18-7-5-9/h8-10H,3-7H2,1-2H3,(H,15,16)(H2,13,14,17)/t8?,10-/m1/s1. The Labute approximate surface area is 107 Å². The van der Waals surface area contributed by atoms with Crippen LogP contribution >= 0.6 is 0 Å². The molecule has 1 heterocycles. The van der Waals surface area contributed by atoms with E-state index in [1.807, 2.05) is 6.92 Å². The number of aliphatic carboxylic acids is 1. The lowest BCUT2D eigenvalue weighted by molar-refractivity contribution is -0.139. The molecule has 0 spiro atoms. The molecule has 0 radical (unpaired) electrons. The smallest absolute Gasteiger partial charge is 0.326 e. The minimum Gasteiger partial charge on any atom is -0.480 e. The summed E-state index contributed by atoms with van der Waals surface area (Å²) in [5.74, 6) is -0.610. The Morgan fingerprint density at radius 2 is 1.94 bits per heavy atom. The van der Waals surface area contributed by atoms with Gasteiger partial charge in [-0.25, -0.2) is 9.59 Å². The van der Waals surface area contributed by atoms with Crippen LogP contribution < -0.4 is 10.6 Å². The van der Waals surface area contributed by atoms with Crippen LogP contribution in [0.15, 0.2) is 0 Å². The average molecular weight is 258 g/mol. The molecule has 0 aromatic carbocycles. The van der Waals surface area contributed by atoms with Gasteiger partial charge >= 0.3 is 12.0 Å². The highest BCUT2D eigenvalue weighted by Gasteiger charge is 2.23. The maximum atomic E-state index is 11.7. The number of carboxylic acids is 1. The molecule has 2 atom stereocenters. The summed E-state index contributed by atoms with van der Waals surface area (Å²) in [7, 11) is 0. The van der Waals surface area contributed by atoms with E-state index < -0.39 is 18.0 Å². The van der Waals surface area contributed by atoms with E-state index in [0.29, 0.717) is 12.3 Å². The second-order valence-corrected chi connectivity index (χ2v) is 4.66. The van der Waals surface area contributed by atoms with Crippen molar-refractivity contribution in [2.24, 2.45) is 5.92 Å². The molecule has 1 aliphatic heterocycles. The van der Waals surface area contributed by atoms with Crippen LogP contribution in [-0.2, 0) is 9.53 Å². The SMILES string of the molecule is CC[C@@H](NC(=O)NC(C)C1CCOCC1)C(=O)O. The van der Waals surface area contributed by atoms with Crippen molar-refractivity contribution in [1.29, 1.82) is 0 Å². The number of ether oxygens (including phenoxy) is 1. The van der Waals surface area contributed by atoms with Crippen LogP contribution in [0.2, 0.25) is 0 Å². The molecule has 0 aromatic heterocycles. The highest BCUT2D eigenvalue weighted by atomic mass is 16.5. The predicted molar refractivity (Wildman–Crippen MR) is 66.4 cm³/mol. The molecule has 6 nitrogen and oxygen atoms in total. The van der Waals surface area contributed by atoms with Crippen molar-refractivity contribution in [2.45, 2.75) is 45.2 Å². The van der Waals surface area contributed by atoms with Crippen LogP contribution in [0.25, 0.3) is 0 Å². The van der Waals surface area contributed by atoms with Gasteiger partial charge in [0, 0.05) is 19.3 Å². The van der Waals surface area contributed by atoms with Gasteiger partial charge in [-0.05, 0) is 32.1 Å². The molecule has 0 saturated carbocycles. The summed E-state index contributed by atoms with van der Waals surface area (Å²) >= 11 is 0. The van der Waals surface area contributed by atoms with Gasteiger partial charge in [0.2, 0.25) is 0 Å². The Morgan fingerprint density at radius 1 is 1.33 bits per heavy atom. The normalized spacial score (nSPS) is 19.9. The van der Waals surface area contributed by atoms with Gasteiger partial charge in [0.05, 0.1) is 0 Å². The van der Waals surface area contributed by atoms with Crippen molar-refractivity contribution < 1.29 is 19.4 Å². The van der Waals surface area contributed by atoms with Gasteiger partial charge in [0.15, 0.2) is 0 Å². The molecule has 1 unspecified atom stereocenters. The van der Waals surface area contributed by atoms with Gasteiger partial charge in [0.25, 0.3) is 0 Å². The molecule has 3 N–H and O–H groups in total. The van der Waals surface area contributed by atoms with E-state index in [-0.39, 0.29) is 6.04 Å². The molecule has 0 bridgehead atoms. The molecular formula is C12H22N2O4. The van der Waals surface area contributed by atoms with Gasteiger partial charge in [-0.3, -0.25) is 0 Å². The van der Waals surface area contributed by atoms with Crippen LogP contribution in [-0.4, -0.2) is 42.4 Å². The zero-order valence-electron chi connectivity index (χ0n) is 10.9. The van der Waals surface area contributed by atoms with Crippen LogP contribution in [0.5, 0.6) is 0 Å². The first-order valence-electron chi connectivity index (χ1n) is 6.42. The Bertz CT molecular complexity index is 290. The van der Waals surface area contributed by atoms with Crippen LogP contribution in [0, 0.1) is 5.92 Å². The van der Waals surface area contributed by atoms with Crippen LogP contribution in [0.3, 0.4) is 0 Å². The maximum absolute atomic E-state index is 11.7. The fourth-order valence-electron chi connectivity index (χ4n) is 2.08. The van der Waals surface area contributed by atoms with Crippen LogP contribution in [0.4, 0.5) is 4.79 Å². The van der Waals surface area contributed by atoms with E-state index in [0.717, 1.165) is 26.1 Å². The van der Waals surface area contributed by atoms with E-state index in [9.17, 15) is 9.59 Å². The largest absolute Gasteiger partial charge is 0.480 e. The minimum atomic E-state index is -1.01. The monoisotopic (exact) mass is 258 g/mol. The summed E-state index contributed by atoms with van der Waals surface area (Å²) in [5, 5.41) is 14.1. The summed E-state index contributed by atoms with van der Waals surface area (Å²) in [6, 6.07) is -1.21. The van der Waals surface area contributed by atoms with E-state index in [1.54, 1.807) is 6.92 Å². The average Bonchev–Trinajstić information content (AvgIpc) is 2.36. The van der Waals surface area contributed by atoms with Crippen molar-refractivity contribution >= 4 is 12.0 Å². The Balaban J connectivity index is 2.36. The second kappa shape index (κ2) is 7.20. The lowest BCUT2D eigenvalue weighted by Gasteiger charge is -2.28. The van der Waals surface area contributed by atoms with Crippen molar-refractivity contribution in [1.82, 2.24) is 10.6 Å². The Hall–Kier alpha value is -1.30. The first kappa shape index (κ1) is 14.8. The third-order valence-electron chi connectivity index (χ3n) is 3.34. The molecule has 0 aromatic rings. The summed E-state index contributed by atoms with van der Waals surface area (Å²) in [6.45, 7) is 5.12. The third kappa shape index (κ3) is 4.52. The molecule has 18 heavy (non-hydrogen) atoms. The molecule has 6 heteroatoms. The van der Waals surface area contributed by atoms with Crippen molar-refractivity contribution in [3.8, 4) is 0 Å². The Kier molecular flexibility index (Phi) is 5.91. The highest BCUT2D eigenvalue weighted by Crippen LogP contribution is 2.18. The number of hydrogen-bond donors (Lipinski definition) is 3. The van der Waals surface area contributed by atoms with Crippen LogP contribution in [0.1, 0.15) is 33.1 Å². The first-order chi connectivity index (χ1) is 8.54. The minimum absolute atomic E-state index is 0.0280. The molecular weight excluding hydrogens is 236 g/mol.